The summed E-state index contributed by atoms with van der Waals surface area (Å²) in [6, 6.07) is 46.5. The Morgan fingerprint density at radius 2 is 0.612 bits per heavy atom. The average Bonchev–Trinajstić information content (AvgIpc) is 1.09. The molecule has 4 heterocycles. The van der Waals surface area contributed by atoms with Crippen LogP contribution in [0.3, 0.4) is 0 Å². The van der Waals surface area contributed by atoms with Crippen molar-refractivity contribution >= 4 is 98.6 Å². The number of nitrogens with zero attached hydrogens (tertiary/aromatic N) is 6. The van der Waals surface area contributed by atoms with Crippen LogP contribution in [0, 0.1) is 13.8 Å². The number of rotatable bonds is 34. The molecule has 1 aliphatic rings. The lowest BCUT2D eigenvalue weighted by Crippen LogP contribution is -2.27. The standard InChI is InChI=1S/C93H112N6O4/c1-11-13-15-17-25-35-49-93(50-36-26-18-16-14-12-2)77-53-63(3)83(94(5)51-37-27-21-19-23-29-39-65-45-47-81-71(55-65)91(102)75-61-85-73(59-87(75)98(81)9)89(100)67-41-31-33-43-79(67)96(85)7)57-69(77)70-58-84(64(4)54-78(70)93)95(6)52-38-28-22-20-24-30-40-66-46-48-82-72(56-66)92(103)76-62-86-74(60-88(76)99(82)10)90(101)68-42-32-34-44-80(68)97(86)8/h31-34,41-48,53-62H,11-30,35-40,49-52H2,1-10H3. The monoisotopic (exact) mass is 1380 g/mol. The fourth-order valence-electron chi connectivity index (χ4n) is 18.1. The first kappa shape index (κ1) is 72.6. The Morgan fingerprint density at radius 1 is 0.311 bits per heavy atom. The van der Waals surface area contributed by atoms with E-state index in [0.717, 1.165) is 107 Å². The van der Waals surface area contributed by atoms with E-state index in [0.29, 0.717) is 32.3 Å². The first-order chi connectivity index (χ1) is 50.0. The van der Waals surface area contributed by atoms with Gasteiger partial charge >= 0.3 is 0 Å². The summed E-state index contributed by atoms with van der Waals surface area (Å²) < 4.78 is 8.24. The molecule has 0 bridgehead atoms. The SMILES string of the molecule is CCCCCCCCC1(CCCCCCCC)c2cc(C)c(N(C)CCCCCCCCc3ccc4c(c3)c(=O)c3cc5c(cc3n4C)c(=O)c3ccccc3n5C)cc2-c2cc(N(C)CCCCCCCCc3ccc4c(c3)c(=O)c3cc5c(cc3n4C)c(=O)c3ccccc3n5C)c(C)cc21. The topological polar surface area (TPSA) is 94.5 Å². The molecular weight excluding hydrogens is 1270 g/mol. The van der Waals surface area contributed by atoms with Crippen LogP contribution in [0.2, 0.25) is 0 Å². The van der Waals surface area contributed by atoms with Crippen molar-refractivity contribution in [1.82, 2.24) is 18.3 Å². The fourth-order valence-corrected chi connectivity index (χ4v) is 18.1. The number of pyridine rings is 4. The molecule has 0 aliphatic heterocycles. The second kappa shape index (κ2) is 32.1. The normalized spacial score (nSPS) is 12.8. The number of aryl methyl sites for hydroxylation is 8. The van der Waals surface area contributed by atoms with Gasteiger partial charge in [-0.15, -0.1) is 0 Å². The summed E-state index contributed by atoms with van der Waals surface area (Å²) in [5.74, 6) is 0. The number of hydrogen-bond acceptors (Lipinski definition) is 6. The highest BCUT2D eigenvalue weighted by molar-refractivity contribution is 6.05. The van der Waals surface area contributed by atoms with Gasteiger partial charge in [-0.05, 0) is 195 Å². The van der Waals surface area contributed by atoms with Crippen LogP contribution in [0.1, 0.15) is 214 Å². The van der Waals surface area contributed by atoms with Crippen molar-refractivity contribution in [3.05, 3.63) is 208 Å². The van der Waals surface area contributed by atoms with Crippen LogP contribution in [0.5, 0.6) is 0 Å². The molecule has 12 aromatic rings. The van der Waals surface area contributed by atoms with E-state index in [4.69, 9.17) is 0 Å². The van der Waals surface area contributed by atoms with Crippen molar-refractivity contribution in [3.63, 3.8) is 0 Å². The van der Waals surface area contributed by atoms with Crippen molar-refractivity contribution in [2.24, 2.45) is 28.2 Å². The zero-order valence-corrected chi connectivity index (χ0v) is 63.7. The summed E-state index contributed by atoms with van der Waals surface area (Å²) in [6.45, 7) is 11.5. The lowest BCUT2D eigenvalue weighted by atomic mass is 9.70. The van der Waals surface area contributed by atoms with Gasteiger partial charge in [0.1, 0.15) is 0 Å². The zero-order chi connectivity index (χ0) is 72.1. The molecule has 4 aromatic heterocycles. The third-order valence-corrected chi connectivity index (χ3v) is 24.2. The smallest absolute Gasteiger partial charge is 0.197 e. The maximum absolute atomic E-state index is 14.3. The summed E-state index contributed by atoms with van der Waals surface area (Å²) in [4.78, 5) is 61.1. The lowest BCUT2D eigenvalue weighted by molar-refractivity contribution is 0.397. The molecule has 0 amide bonds. The Kier molecular flexibility index (Phi) is 22.6. The van der Waals surface area contributed by atoms with Gasteiger partial charge in [-0.1, -0.05) is 191 Å². The quantitative estimate of drug-likeness (QED) is 0.0295. The second-order valence-electron chi connectivity index (χ2n) is 31.1. The Balaban J connectivity index is 0.637. The molecule has 538 valence electrons. The van der Waals surface area contributed by atoms with Gasteiger partial charge in [0.25, 0.3) is 0 Å². The van der Waals surface area contributed by atoms with Gasteiger partial charge < -0.3 is 28.1 Å². The molecule has 0 atom stereocenters. The van der Waals surface area contributed by atoms with Gasteiger partial charge in [0.15, 0.2) is 21.7 Å². The molecule has 0 saturated carbocycles. The van der Waals surface area contributed by atoms with E-state index in [-0.39, 0.29) is 27.1 Å². The van der Waals surface area contributed by atoms with E-state index in [1.54, 1.807) is 11.1 Å². The highest BCUT2D eigenvalue weighted by atomic mass is 16.1. The average molecular weight is 1380 g/mol. The highest BCUT2D eigenvalue weighted by Crippen LogP contribution is 2.57. The molecule has 0 saturated heterocycles. The predicted octanol–water partition coefficient (Wildman–Crippen LogP) is 22.1. The summed E-state index contributed by atoms with van der Waals surface area (Å²) >= 11 is 0. The summed E-state index contributed by atoms with van der Waals surface area (Å²) in [7, 11) is 12.6. The van der Waals surface area contributed by atoms with Crippen LogP contribution >= 0.6 is 0 Å². The number of hydrogen-bond donors (Lipinski definition) is 0. The largest absolute Gasteiger partial charge is 0.374 e. The lowest BCUT2D eigenvalue weighted by Gasteiger charge is -2.34. The minimum Gasteiger partial charge on any atom is -0.374 e. The van der Waals surface area contributed by atoms with Gasteiger partial charge in [0.05, 0.1) is 44.1 Å². The molecule has 10 nitrogen and oxygen atoms in total. The second-order valence-corrected chi connectivity index (χ2v) is 31.1. The molecule has 103 heavy (non-hydrogen) atoms. The van der Waals surface area contributed by atoms with Gasteiger partial charge in [-0.3, -0.25) is 19.2 Å². The van der Waals surface area contributed by atoms with Crippen LogP contribution < -0.4 is 31.5 Å². The van der Waals surface area contributed by atoms with Crippen molar-refractivity contribution in [1.29, 1.82) is 0 Å². The third kappa shape index (κ3) is 14.5. The van der Waals surface area contributed by atoms with Crippen LogP contribution in [0.25, 0.3) is 98.4 Å². The van der Waals surface area contributed by atoms with E-state index in [9.17, 15) is 19.2 Å². The number of para-hydroxylation sites is 2. The van der Waals surface area contributed by atoms with E-state index < -0.39 is 0 Å². The summed E-state index contributed by atoms with van der Waals surface area (Å²) in [6.07, 6.45) is 34.2. The van der Waals surface area contributed by atoms with Crippen LogP contribution in [0.4, 0.5) is 11.4 Å². The molecule has 10 heteroatoms. The maximum atomic E-state index is 14.3. The van der Waals surface area contributed by atoms with Crippen LogP contribution in [0.15, 0.2) is 153 Å². The molecule has 0 unspecified atom stereocenters. The third-order valence-electron chi connectivity index (χ3n) is 24.2. The highest BCUT2D eigenvalue weighted by Gasteiger charge is 2.43. The Labute approximate surface area is 610 Å². The van der Waals surface area contributed by atoms with E-state index >= 15 is 0 Å². The van der Waals surface area contributed by atoms with E-state index in [1.807, 2.05) is 110 Å². The molecule has 0 N–H and O–H groups in total. The molecule has 13 rings (SSSR count). The number of unbranched alkanes of at least 4 members (excludes halogenated alkanes) is 20. The Morgan fingerprint density at radius 3 is 0.981 bits per heavy atom. The van der Waals surface area contributed by atoms with Gasteiger partial charge in [-0.25, -0.2) is 0 Å². The number of aromatic nitrogens is 4. The molecule has 0 fully saturated rings. The van der Waals surface area contributed by atoms with Crippen LogP contribution in [-0.4, -0.2) is 45.5 Å². The van der Waals surface area contributed by atoms with Crippen molar-refractivity contribution in [2.45, 2.75) is 213 Å². The number of fused-ring (bicyclic) bond motifs is 11. The van der Waals surface area contributed by atoms with Crippen molar-refractivity contribution in [3.8, 4) is 11.1 Å². The van der Waals surface area contributed by atoms with E-state index in [1.165, 1.54) is 186 Å². The Bertz CT molecular complexity index is 5060. The number of benzene rings is 8. The first-order valence-corrected chi connectivity index (χ1v) is 39.7. The predicted molar refractivity (Wildman–Crippen MR) is 441 cm³/mol. The summed E-state index contributed by atoms with van der Waals surface area (Å²) in [5, 5.41) is 5.40. The van der Waals surface area contributed by atoms with Gasteiger partial charge in [0.2, 0.25) is 0 Å². The van der Waals surface area contributed by atoms with Crippen LogP contribution in [-0.2, 0) is 46.4 Å². The minimum absolute atomic E-state index is 0.00284. The van der Waals surface area contributed by atoms with Gasteiger partial charge in [0, 0.05) is 115 Å². The minimum atomic E-state index is -0.00284. The molecule has 1 aliphatic carbocycles. The molecule has 0 radical (unpaired) electrons. The molecule has 8 aromatic carbocycles. The zero-order valence-electron chi connectivity index (χ0n) is 63.7. The first-order valence-electron chi connectivity index (χ1n) is 39.7. The summed E-state index contributed by atoms with van der Waals surface area (Å²) in [5.41, 5.74) is 20.8. The van der Waals surface area contributed by atoms with Crippen molar-refractivity contribution in [2.75, 3.05) is 37.0 Å². The molecule has 0 spiro atoms. The maximum Gasteiger partial charge on any atom is 0.197 e. The van der Waals surface area contributed by atoms with Gasteiger partial charge in [-0.2, -0.15) is 0 Å². The Hall–Kier alpha value is -8.76. The van der Waals surface area contributed by atoms with E-state index in [2.05, 4.69) is 121 Å². The molecular formula is C93H112N6O4. The fraction of sp³-hybridized carbons (Fsp3) is 0.441. The van der Waals surface area contributed by atoms with Crippen molar-refractivity contribution < 1.29 is 0 Å². The number of anilines is 2.